The Morgan fingerprint density at radius 2 is 1.96 bits per heavy atom. The molecule has 12 heteroatoms. The fourth-order valence-corrected chi connectivity index (χ4v) is 2.64. The summed E-state index contributed by atoms with van der Waals surface area (Å²) in [6.45, 7) is -1.55. The second-order valence-electron chi connectivity index (χ2n) is 5.16. The SMILES string of the molecule is C/C(=N\Nc1ccc(S(N)(=O)=O)cc1[N+](=O)[O-])c1ccccc1OC(F)F. The highest BCUT2D eigenvalue weighted by molar-refractivity contribution is 7.89. The lowest BCUT2D eigenvalue weighted by Crippen LogP contribution is -2.12. The number of nitro groups is 1. The molecule has 144 valence electrons. The van der Waals surface area contributed by atoms with E-state index in [0.29, 0.717) is 0 Å². The molecule has 0 fully saturated rings. The van der Waals surface area contributed by atoms with Crippen LogP contribution < -0.4 is 15.3 Å². The van der Waals surface area contributed by atoms with Crippen LogP contribution >= 0.6 is 0 Å². The van der Waals surface area contributed by atoms with E-state index >= 15 is 0 Å². The summed E-state index contributed by atoms with van der Waals surface area (Å²) in [7, 11) is -4.12. The van der Waals surface area contributed by atoms with E-state index in [1.54, 1.807) is 6.07 Å². The molecule has 0 spiro atoms. The molecule has 0 unspecified atom stereocenters. The Balaban J connectivity index is 2.36. The zero-order valence-corrected chi connectivity index (χ0v) is 14.6. The third-order valence-corrected chi connectivity index (χ3v) is 4.24. The van der Waals surface area contributed by atoms with Crippen LogP contribution in [0.3, 0.4) is 0 Å². The van der Waals surface area contributed by atoms with Crippen LogP contribution in [0.5, 0.6) is 5.75 Å². The van der Waals surface area contributed by atoms with Crippen molar-refractivity contribution in [3.63, 3.8) is 0 Å². The molecular weight excluding hydrogens is 386 g/mol. The van der Waals surface area contributed by atoms with Gasteiger partial charge in [0.25, 0.3) is 5.69 Å². The van der Waals surface area contributed by atoms with Gasteiger partial charge in [-0.05, 0) is 31.2 Å². The molecule has 2 rings (SSSR count). The number of anilines is 1. The van der Waals surface area contributed by atoms with Crippen LogP contribution in [0, 0.1) is 10.1 Å². The number of hydrogen-bond acceptors (Lipinski definition) is 7. The van der Waals surface area contributed by atoms with Crippen LogP contribution in [-0.4, -0.2) is 25.7 Å². The van der Waals surface area contributed by atoms with Gasteiger partial charge in [0.15, 0.2) is 0 Å². The van der Waals surface area contributed by atoms with Gasteiger partial charge >= 0.3 is 6.61 Å². The standard InChI is InChI=1S/C15H14F2N4O5S/c1-9(11-4-2-3-5-14(11)26-15(16)17)19-20-12-7-6-10(27(18,24)25)8-13(12)21(22)23/h2-8,15,20H,1H3,(H2,18,24,25)/b19-9+. The fourth-order valence-electron chi connectivity index (χ4n) is 2.10. The van der Waals surface area contributed by atoms with E-state index in [-0.39, 0.29) is 22.7 Å². The highest BCUT2D eigenvalue weighted by Gasteiger charge is 2.19. The number of benzene rings is 2. The first-order valence-electron chi connectivity index (χ1n) is 7.25. The van der Waals surface area contributed by atoms with Gasteiger partial charge < -0.3 is 4.74 Å². The van der Waals surface area contributed by atoms with E-state index in [1.165, 1.54) is 25.1 Å². The van der Waals surface area contributed by atoms with Gasteiger partial charge in [-0.2, -0.15) is 13.9 Å². The lowest BCUT2D eigenvalue weighted by molar-refractivity contribution is -0.384. The summed E-state index contributed by atoms with van der Waals surface area (Å²) in [6.07, 6.45) is 0. The van der Waals surface area contributed by atoms with Gasteiger partial charge in [-0.1, -0.05) is 12.1 Å². The lowest BCUT2D eigenvalue weighted by atomic mass is 10.1. The van der Waals surface area contributed by atoms with Gasteiger partial charge in [0, 0.05) is 11.6 Å². The van der Waals surface area contributed by atoms with Crippen molar-refractivity contribution in [3.05, 3.63) is 58.1 Å². The first kappa shape index (κ1) is 20.2. The minimum absolute atomic E-state index is 0.112. The highest BCUT2D eigenvalue weighted by Crippen LogP contribution is 2.28. The van der Waals surface area contributed by atoms with Gasteiger partial charge in [0.2, 0.25) is 10.0 Å². The molecule has 0 aliphatic rings. The molecule has 0 radical (unpaired) electrons. The number of halogens is 2. The monoisotopic (exact) mass is 400 g/mol. The number of ether oxygens (including phenoxy) is 1. The number of nitrogens with two attached hydrogens (primary N) is 1. The first-order valence-corrected chi connectivity index (χ1v) is 8.80. The van der Waals surface area contributed by atoms with Crippen LogP contribution in [0.2, 0.25) is 0 Å². The molecule has 0 saturated carbocycles. The van der Waals surface area contributed by atoms with Crippen LogP contribution in [-0.2, 0) is 10.0 Å². The second-order valence-corrected chi connectivity index (χ2v) is 6.73. The maximum absolute atomic E-state index is 12.5. The molecule has 0 bridgehead atoms. The number of nitrogens with one attached hydrogen (secondary N) is 1. The van der Waals surface area contributed by atoms with E-state index < -0.39 is 32.1 Å². The van der Waals surface area contributed by atoms with Crippen molar-refractivity contribution in [1.82, 2.24) is 0 Å². The van der Waals surface area contributed by atoms with Gasteiger partial charge in [-0.25, -0.2) is 13.6 Å². The Morgan fingerprint density at radius 1 is 1.30 bits per heavy atom. The van der Waals surface area contributed by atoms with Crippen molar-refractivity contribution in [2.75, 3.05) is 5.43 Å². The summed E-state index contributed by atoms with van der Waals surface area (Å²) in [6, 6.07) is 8.87. The molecule has 0 amide bonds. The second kappa shape index (κ2) is 8.05. The van der Waals surface area contributed by atoms with Crippen LogP contribution in [0.1, 0.15) is 12.5 Å². The summed E-state index contributed by atoms with van der Waals surface area (Å²) >= 11 is 0. The third kappa shape index (κ3) is 5.18. The van der Waals surface area contributed by atoms with Crippen molar-refractivity contribution in [2.24, 2.45) is 10.2 Å². The average Bonchev–Trinajstić information content (AvgIpc) is 2.58. The Labute approximate surface area is 152 Å². The number of primary sulfonamides is 1. The summed E-state index contributed by atoms with van der Waals surface area (Å²) in [5.41, 5.74) is 2.18. The summed E-state index contributed by atoms with van der Waals surface area (Å²) < 4.78 is 52.0. The summed E-state index contributed by atoms with van der Waals surface area (Å²) in [5, 5.41) is 20.1. The number of alkyl halides is 2. The molecule has 0 aliphatic heterocycles. The minimum atomic E-state index is -4.12. The van der Waals surface area contributed by atoms with Crippen LogP contribution in [0.15, 0.2) is 52.5 Å². The van der Waals surface area contributed by atoms with E-state index in [1.807, 2.05) is 0 Å². The van der Waals surface area contributed by atoms with E-state index in [0.717, 1.165) is 18.2 Å². The maximum atomic E-state index is 12.5. The summed E-state index contributed by atoms with van der Waals surface area (Å²) in [4.78, 5) is 9.93. The molecule has 0 aliphatic carbocycles. The van der Waals surface area contributed by atoms with E-state index in [2.05, 4.69) is 15.3 Å². The predicted molar refractivity (Wildman–Crippen MR) is 93.4 cm³/mol. The number of sulfonamides is 1. The molecular formula is C15H14F2N4O5S. The number of hydrazone groups is 1. The minimum Gasteiger partial charge on any atom is -0.434 e. The number of rotatable bonds is 7. The number of nitrogens with zero attached hydrogens (tertiary/aromatic N) is 2. The maximum Gasteiger partial charge on any atom is 0.387 e. The lowest BCUT2D eigenvalue weighted by Gasteiger charge is -2.10. The normalized spacial score (nSPS) is 12.1. The van der Waals surface area contributed by atoms with Gasteiger partial charge in [0.1, 0.15) is 11.4 Å². The highest BCUT2D eigenvalue weighted by atomic mass is 32.2. The Bertz CT molecular complexity index is 995. The molecule has 2 aromatic rings. The Hall–Kier alpha value is -3.12. The molecule has 0 aromatic heterocycles. The van der Waals surface area contributed by atoms with Gasteiger partial charge in [0.05, 0.1) is 15.5 Å². The van der Waals surface area contributed by atoms with Crippen molar-refractivity contribution < 1.29 is 26.9 Å². The number of para-hydroxylation sites is 1. The molecule has 3 N–H and O–H groups in total. The zero-order valence-electron chi connectivity index (χ0n) is 13.8. The number of hydrogen-bond donors (Lipinski definition) is 2. The predicted octanol–water partition coefficient (Wildman–Crippen LogP) is 2.68. The average molecular weight is 400 g/mol. The fraction of sp³-hybridized carbons (Fsp3) is 0.133. The Morgan fingerprint density at radius 3 is 2.56 bits per heavy atom. The number of nitro benzene ring substituents is 1. The van der Waals surface area contributed by atoms with Crippen molar-refractivity contribution in [3.8, 4) is 5.75 Å². The molecule has 0 atom stereocenters. The summed E-state index contributed by atoms with van der Waals surface area (Å²) in [5.74, 6) is -0.116. The van der Waals surface area contributed by atoms with E-state index in [9.17, 15) is 27.3 Å². The quantitative estimate of drug-likeness (QED) is 0.416. The van der Waals surface area contributed by atoms with Crippen LogP contribution in [0.25, 0.3) is 0 Å². The zero-order chi connectivity index (χ0) is 20.2. The van der Waals surface area contributed by atoms with Crippen molar-refractivity contribution >= 4 is 27.1 Å². The molecule has 2 aromatic carbocycles. The molecule has 27 heavy (non-hydrogen) atoms. The van der Waals surface area contributed by atoms with Crippen LogP contribution in [0.4, 0.5) is 20.2 Å². The van der Waals surface area contributed by atoms with Crippen molar-refractivity contribution in [2.45, 2.75) is 18.4 Å². The molecule has 9 nitrogen and oxygen atoms in total. The Kier molecular flexibility index (Phi) is 6.02. The smallest absolute Gasteiger partial charge is 0.387 e. The van der Waals surface area contributed by atoms with E-state index in [4.69, 9.17) is 5.14 Å². The van der Waals surface area contributed by atoms with Crippen molar-refractivity contribution in [1.29, 1.82) is 0 Å². The third-order valence-electron chi connectivity index (χ3n) is 3.33. The topological polar surface area (TPSA) is 137 Å². The van der Waals surface area contributed by atoms with Gasteiger partial charge in [-0.3, -0.25) is 15.5 Å². The molecule has 0 saturated heterocycles. The molecule has 0 heterocycles. The van der Waals surface area contributed by atoms with Gasteiger partial charge in [-0.15, -0.1) is 0 Å². The first-order chi connectivity index (χ1) is 12.6. The largest absolute Gasteiger partial charge is 0.434 e.